The molecule has 0 atom stereocenters. The van der Waals surface area contributed by atoms with Crippen LogP contribution in [0.2, 0.25) is 0 Å². The normalized spacial score (nSPS) is 10.9. The minimum atomic E-state index is -0.222. The van der Waals surface area contributed by atoms with Crippen molar-refractivity contribution in [2.45, 2.75) is 32.9 Å². The minimum Gasteiger partial charge on any atom is -0.310 e. The number of hydrogen-bond acceptors (Lipinski definition) is 3. The van der Waals surface area contributed by atoms with Crippen molar-refractivity contribution in [3.8, 4) is 0 Å². The van der Waals surface area contributed by atoms with E-state index in [4.69, 9.17) is 0 Å². The molecule has 0 unspecified atom stereocenters. The van der Waals surface area contributed by atoms with Gasteiger partial charge in [-0.1, -0.05) is 26.0 Å². The molecule has 0 aliphatic carbocycles. The third-order valence-electron chi connectivity index (χ3n) is 2.75. The minimum absolute atomic E-state index is 0.222. The lowest BCUT2D eigenvalue weighted by Crippen LogP contribution is -2.22. The molecule has 0 fully saturated rings. The fourth-order valence-corrected chi connectivity index (χ4v) is 1.67. The lowest BCUT2D eigenvalue weighted by Gasteiger charge is -2.07. The number of benzene rings is 1. The Balaban J connectivity index is 1.96. The van der Waals surface area contributed by atoms with Crippen LogP contribution in [0.15, 0.2) is 36.7 Å². The first-order chi connectivity index (χ1) is 9.13. The van der Waals surface area contributed by atoms with Crippen LogP contribution in [0.3, 0.4) is 0 Å². The highest BCUT2D eigenvalue weighted by Crippen LogP contribution is 2.07. The number of nitrogens with one attached hydrogen (secondary N) is 1. The van der Waals surface area contributed by atoms with Crippen LogP contribution in [0.25, 0.3) is 0 Å². The summed E-state index contributed by atoms with van der Waals surface area (Å²) < 4.78 is 12.8. The van der Waals surface area contributed by atoms with Gasteiger partial charge < -0.3 is 5.32 Å². The third-order valence-corrected chi connectivity index (χ3v) is 2.75. The monoisotopic (exact) mass is 259 g/mol. The predicted molar refractivity (Wildman–Crippen MR) is 73.2 cm³/mol. The van der Waals surface area contributed by atoms with E-state index in [0.29, 0.717) is 12.5 Å². The van der Waals surface area contributed by atoms with Gasteiger partial charge in [-0.25, -0.2) is 14.4 Å². The molecule has 0 bridgehead atoms. The average Bonchev–Trinajstić information content (AvgIpc) is 2.40. The van der Waals surface area contributed by atoms with E-state index >= 15 is 0 Å². The van der Waals surface area contributed by atoms with Crippen molar-refractivity contribution in [3.63, 3.8) is 0 Å². The molecule has 0 amide bonds. The molecule has 1 aromatic heterocycles. The molecule has 0 saturated carbocycles. The van der Waals surface area contributed by atoms with Crippen molar-refractivity contribution in [2.75, 3.05) is 0 Å². The van der Waals surface area contributed by atoms with Gasteiger partial charge in [0.1, 0.15) is 11.6 Å². The summed E-state index contributed by atoms with van der Waals surface area (Å²) in [6.07, 6.45) is 4.29. The summed E-state index contributed by atoms with van der Waals surface area (Å²) in [6, 6.07) is 6.87. The Hall–Kier alpha value is -1.81. The van der Waals surface area contributed by atoms with Gasteiger partial charge in [-0.05, 0) is 17.7 Å². The standard InChI is InChI=1S/C15H18FN3/c1-11(2)17-8-13-9-18-15(19-10-13)7-12-3-5-14(16)6-4-12/h3-6,9-11,17H,7-8H2,1-2H3. The zero-order valence-electron chi connectivity index (χ0n) is 11.2. The van der Waals surface area contributed by atoms with Crippen molar-refractivity contribution in [1.82, 2.24) is 15.3 Å². The molecule has 1 aromatic carbocycles. The summed E-state index contributed by atoms with van der Waals surface area (Å²) in [7, 11) is 0. The first-order valence-electron chi connectivity index (χ1n) is 6.41. The Morgan fingerprint density at radius 3 is 2.26 bits per heavy atom. The smallest absolute Gasteiger partial charge is 0.132 e. The van der Waals surface area contributed by atoms with Crippen molar-refractivity contribution in [3.05, 3.63) is 59.4 Å². The number of halogens is 1. The average molecular weight is 259 g/mol. The van der Waals surface area contributed by atoms with Gasteiger partial charge in [0.25, 0.3) is 0 Å². The third kappa shape index (κ3) is 4.41. The summed E-state index contributed by atoms with van der Waals surface area (Å²) in [5.41, 5.74) is 2.08. The summed E-state index contributed by atoms with van der Waals surface area (Å²) in [6.45, 7) is 4.97. The van der Waals surface area contributed by atoms with E-state index in [1.165, 1.54) is 12.1 Å². The van der Waals surface area contributed by atoms with Crippen LogP contribution in [0.4, 0.5) is 4.39 Å². The predicted octanol–water partition coefficient (Wildman–Crippen LogP) is 2.70. The molecule has 1 N–H and O–H groups in total. The molecule has 100 valence electrons. The van der Waals surface area contributed by atoms with E-state index in [2.05, 4.69) is 29.1 Å². The highest BCUT2D eigenvalue weighted by Gasteiger charge is 2.01. The van der Waals surface area contributed by atoms with Gasteiger partial charge in [0.2, 0.25) is 0 Å². The Morgan fingerprint density at radius 1 is 1.05 bits per heavy atom. The maximum absolute atomic E-state index is 12.8. The highest BCUT2D eigenvalue weighted by molar-refractivity contribution is 5.20. The zero-order valence-corrected chi connectivity index (χ0v) is 11.2. The quantitative estimate of drug-likeness (QED) is 0.897. The Bertz CT molecular complexity index is 506. The molecule has 2 aromatic rings. The van der Waals surface area contributed by atoms with Gasteiger partial charge in [0, 0.05) is 37.0 Å². The molecule has 1 heterocycles. The van der Waals surface area contributed by atoms with Crippen LogP contribution >= 0.6 is 0 Å². The van der Waals surface area contributed by atoms with Gasteiger partial charge >= 0.3 is 0 Å². The second kappa shape index (κ2) is 6.38. The Kier molecular flexibility index (Phi) is 4.58. The van der Waals surface area contributed by atoms with Crippen LogP contribution in [0.1, 0.15) is 30.8 Å². The van der Waals surface area contributed by atoms with E-state index in [1.54, 1.807) is 12.1 Å². The van der Waals surface area contributed by atoms with Crippen LogP contribution < -0.4 is 5.32 Å². The van der Waals surface area contributed by atoms with Crippen LogP contribution in [0, 0.1) is 5.82 Å². The largest absolute Gasteiger partial charge is 0.310 e. The molecule has 0 radical (unpaired) electrons. The van der Waals surface area contributed by atoms with E-state index < -0.39 is 0 Å². The fraction of sp³-hybridized carbons (Fsp3) is 0.333. The van der Waals surface area contributed by atoms with Crippen LogP contribution in [0.5, 0.6) is 0 Å². The summed E-state index contributed by atoms with van der Waals surface area (Å²) in [5, 5.41) is 3.32. The van der Waals surface area contributed by atoms with Gasteiger partial charge in [0.15, 0.2) is 0 Å². The molecule has 2 rings (SSSR count). The maximum Gasteiger partial charge on any atom is 0.132 e. The molecule has 0 aliphatic heterocycles. The summed E-state index contributed by atoms with van der Waals surface area (Å²) in [5.74, 6) is 0.527. The first kappa shape index (κ1) is 13.6. The van der Waals surface area contributed by atoms with E-state index in [9.17, 15) is 4.39 Å². The van der Waals surface area contributed by atoms with Gasteiger partial charge in [-0.3, -0.25) is 0 Å². The Labute approximate surface area is 112 Å². The van der Waals surface area contributed by atoms with Gasteiger partial charge in [-0.2, -0.15) is 0 Å². The number of hydrogen-bond donors (Lipinski definition) is 1. The first-order valence-corrected chi connectivity index (χ1v) is 6.41. The second-order valence-corrected chi connectivity index (χ2v) is 4.85. The van der Waals surface area contributed by atoms with Crippen molar-refractivity contribution in [1.29, 1.82) is 0 Å². The molecule has 19 heavy (non-hydrogen) atoms. The van der Waals surface area contributed by atoms with Gasteiger partial charge in [-0.15, -0.1) is 0 Å². The molecule has 3 nitrogen and oxygen atoms in total. The SMILES string of the molecule is CC(C)NCc1cnc(Cc2ccc(F)cc2)nc1. The second-order valence-electron chi connectivity index (χ2n) is 4.85. The fourth-order valence-electron chi connectivity index (χ4n) is 1.67. The Morgan fingerprint density at radius 2 is 1.68 bits per heavy atom. The molecule has 4 heteroatoms. The molecule has 0 spiro atoms. The topological polar surface area (TPSA) is 37.8 Å². The van der Waals surface area contributed by atoms with Crippen molar-refractivity contribution >= 4 is 0 Å². The zero-order chi connectivity index (χ0) is 13.7. The lowest BCUT2D eigenvalue weighted by atomic mass is 10.1. The maximum atomic E-state index is 12.8. The highest BCUT2D eigenvalue weighted by atomic mass is 19.1. The van der Waals surface area contributed by atoms with Crippen LogP contribution in [-0.4, -0.2) is 16.0 Å². The molecule has 0 aliphatic rings. The number of rotatable bonds is 5. The van der Waals surface area contributed by atoms with Gasteiger partial charge in [0.05, 0.1) is 0 Å². The number of nitrogens with zero attached hydrogens (tertiary/aromatic N) is 2. The molecular formula is C15H18FN3. The molecular weight excluding hydrogens is 241 g/mol. The van der Waals surface area contributed by atoms with E-state index in [0.717, 1.165) is 23.5 Å². The van der Waals surface area contributed by atoms with E-state index in [1.807, 2.05) is 12.4 Å². The van der Waals surface area contributed by atoms with Crippen molar-refractivity contribution < 1.29 is 4.39 Å². The number of aromatic nitrogens is 2. The molecule has 0 saturated heterocycles. The van der Waals surface area contributed by atoms with E-state index in [-0.39, 0.29) is 5.82 Å². The summed E-state index contributed by atoms with van der Waals surface area (Å²) >= 11 is 0. The lowest BCUT2D eigenvalue weighted by molar-refractivity contribution is 0.586. The van der Waals surface area contributed by atoms with Crippen LogP contribution in [-0.2, 0) is 13.0 Å². The summed E-state index contributed by atoms with van der Waals surface area (Å²) in [4.78, 5) is 8.66. The van der Waals surface area contributed by atoms with Crippen molar-refractivity contribution in [2.24, 2.45) is 0 Å².